The van der Waals surface area contributed by atoms with Crippen molar-refractivity contribution in [2.45, 2.75) is 17.9 Å². The molecule has 0 atom stereocenters. The number of pyridine rings is 1. The van der Waals surface area contributed by atoms with Gasteiger partial charge >= 0.3 is 0 Å². The standard InChI is InChI=1S/C16H14ClN3O2S/c1-2-21-13-6-4-3-5-12(13)15-19-20-16(22-15)23-10-11-7-8-18-14(17)9-11/h3-9H,2,10H2,1H3. The summed E-state index contributed by atoms with van der Waals surface area (Å²) in [5, 5.41) is 9.15. The van der Waals surface area contributed by atoms with Gasteiger partial charge in [-0.2, -0.15) is 0 Å². The van der Waals surface area contributed by atoms with Crippen LogP contribution in [0.2, 0.25) is 5.15 Å². The summed E-state index contributed by atoms with van der Waals surface area (Å²) in [5.41, 5.74) is 1.84. The van der Waals surface area contributed by atoms with E-state index in [9.17, 15) is 0 Å². The van der Waals surface area contributed by atoms with Gasteiger partial charge < -0.3 is 9.15 Å². The Labute approximate surface area is 143 Å². The van der Waals surface area contributed by atoms with Crippen molar-refractivity contribution in [3.05, 3.63) is 53.3 Å². The molecule has 0 aliphatic rings. The Hall–Kier alpha value is -2.05. The third-order valence-corrected chi connectivity index (χ3v) is 4.07. The number of ether oxygens (including phenoxy) is 1. The molecule has 1 aromatic carbocycles. The lowest BCUT2D eigenvalue weighted by molar-refractivity contribution is 0.340. The summed E-state index contributed by atoms with van der Waals surface area (Å²) in [5.74, 6) is 1.86. The average Bonchev–Trinajstić information content (AvgIpc) is 3.03. The second-order valence-electron chi connectivity index (χ2n) is 4.58. The van der Waals surface area contributed by atoms with E-state index in [4.69, 9.17) is 20.8 Å². The number of thioether (sulfide) groups is 1. The molecule has 0 spiro atoms. The smallest absolute Gasteiger partial charge is 0.277 e. The third-order valence-electron chi connectivity index (χ3n) is 2.98. The third kappa shape index (κ3) is 4.03. The highest BCUT2D eigenvalue weighted by atomic mass is 35.5. The number of hydrogen-bond acceptors (Lipinski definition) is 6. The molecule has 3 rings (SSSR count). The maximum Gasteiger partial charge on any atom is 0.277 e. The molecule has 5 nitrogen and oxygen atoms in total. The summed E-state index contributed by atoms with van der Waals surface area (Å²) >= 11 is 7.32. The molecular weight excluding hydrogens is 334 g/mol. The summed E-state index contributed by atoms with van der Waals surface area (Å²) in [6.45, 7) is 2.52. The fourth-order valence-electron chi connectivity index (χ4n) is 1.98. The van der Waals surface area contributed by atoms with Crippen molar-refractivity contribution in [3.63, 3.8) is 0 Å². The van der Waals surface area contributed by atoms with Crippen LogP contribution in [0.25, 0.3) is 11.5 Å². The summed E-state index contributed by atoms with van der Waals surface area (Å²) in [6, 6.07) is 11.3. The fourth-order valence-corrected chi connectivity index (χ4v) is 2.88. The first-order chi connectivity index (χ1) is 11.3. The van der Waals surface area contributed by atoms with E-state index in [1.807, 2.05) is 43.3 Å². The van der Waals surface area contributed by atoms with Gasteiger partial charge in [0.1, 0.15) is 10.9 Å². The van der Waals surface area contributed by atoms with E-state index in [0.29, 0.717) is 28.6 Å². The molecule has 0 fully saturated rings. The molecule has 0 N–H and O–H groups in total. The molecular formula is C16H14ClN3O2S. The number of aromatic nitrogens is 3. The fraction of sp³-hybridized carbons (Fsp3) is 0.188. The number of nitrogens with zero attached hydrogens (tertiary/aromatic N) is 3. The zero-order valence-electron chi connectivity index (χ0n) is 12.4. The Kier molecular flexibility index (Phi) is 5.15. The molecule has 0 radical (unpaired) electrons. The van der Waals surface area contributed by atoms with Crippen LogP contribution >= 0.6 is 23.4 Å². The minimum absolute atomic E-state index is 0.448. The summed E-state index contributed by atoms with van der Waals surface area (Å²) in [7, 11) is 0. The summed E-state index contributed by atoms with van der Waals surface area (Å²) in [6.07, 6.45) is 1.68. The number of para-hydroxylation sites is 1. The number of rotatable bonds is 6. The van der Waals surface area contributed by atoms with Crippen molar-refractivity contribution in [3.8, 4) is 17.2 Å². The van der Waals surface area contributed by atoms with Crippen molar-refractivity contribution < 1.29 is 9.15 Å². The van der Waals surface area contributed by atoms with E-state index in [2.05, 4.69) is 15.2 Å². The van der Waals surface area contributed by atoms with Crippen LogP contribution in [-0.2, 0) is 5.75 Å². The molecule has 3 aromatic rings. The SMILES string of the molecule is CCOc1ccccc1-c1nnc(SCc2ccnc(Cl)c2)o1. The van der Waals surface area contributed by atoms with Gasteiger partial charge in [0.05, 0.1) is 12.2 Å². The molecule has 0 unspecified atom stereocenters. The predicted octanol–water partition coefficient (Wildman–Crippen LogP) is 4.48. The zero-order chi connectivity index (χ0) is 16.1. The van der Waals surface area contributed by atoms with Gasteiger partial charge in [-0.1, -0.05) is 35.5 Å². The maximum atomic E-state index is 5.87. The van der Waals surface area contributed by atoms with Gasteiger partial charge in [-0.05, 0) is 36.8 Å². The van der Waals surface area contributed by atoms with Crippen LogP contribution in [0.5, 0.6) is 5.75 Å². The first kappa shape index (κ1) is 15.8. The largest absolute Gasteiger partial charge is 0.493 e. The van der Waals surface area contributed by atoms with Crippen LogP contribution in [-0.4, -0.2) is 21.8 Å². The van der Waals surface area contributed by atoms with E-state index in [1.165, 1.54) is 11.8 Å². The van der Waals surface area contributed by atoms with E-state index in [0.717, 1.165) is 16.9 Å². The van der Waals surface area contributed by atoms with E-state index in [1.54, 1.807) is 6.20 Å². The van der Waals surface area contributed by atoms with Gasteiger partial charge in [-0.15, -0.1) is 10.2 Å². The molecule has 0 amide bonds. The Balaban J connectivity index is 1.73. The van der Waals surface area contributed by atoms with Gasteiger partial charge in [0.25, 0.3) is 11.1 Å². The summed E-state index contributed by atoms with van der Waals surface area (Å²) < 4.78 is 11.3. The summed E-state index contributed by atoms with van der Waals surface area (Å²) in [4.78, 5) is 3.96. The van der Waals surface area contributed by atoms with Crippen molar-refractivity contribution in [1.29, 1.82) is 0 Å². The molecule has 0 saturated heterocycles. The Morgan fingerprint density at radius 1 is 1.22 bits per heavy atom. The zero-order valence-corrected chi connectivity index (χ0v) is 14.0. The highest BCUT2D eigenvalue weighted by Gasteiger charge is 2.13. The molecule has 7 heteroatoms. The molecule has 23 heavy (non-hydrogen) atoms. The van der Waals surface area contributed by atoms with Crippen molar-refractivity contribution >= 4 is 23.4 Å². The second kappa shape index (κ2) is 7.48. The van der Waals surface area contributed by atoms with Crippen LogP contribution in [0, 0.1) is 0 Å². The molecule has 2 heterocycles. The Morgan fingerprint density at radius 3 is 2.91 bits per heavy atom. The molecule has 0 aliphatic carbocycles. The van der Waals surface area contributed by atoms with E-state index in [-0.39, 0.29) is 0 Å². The minimum atomic E-state index is 0.448. The molecule has 0 bridgehead atoms. The lowest BCUT2D eigenvalue weighted by Gasteiger charge is -2.06. The van der Waals surface area contributed by atoms with Gasteiger partial charge in [0.15, 0.2) is 0 Å². The Bertz CT molecular complexity index is 794. The highest BCUT2D eigenvalue weighted by molar-refractivity contribution is 7.98. The van der Waals surface area contributed by atoms with Crippen molar-refractivity contribution in [2.24, 2.45) is 0 Å². The maximum absolute atomic E-state index is 5.87. The van der Waals surface area contributed by atoms with Gasteiger partial charge in [0, 0.05) is 11.9 Å². The molecule has 0 aliphatic heterocycles. The molecule has 118 valence electrons. The molecule has 0 saturated carbocycles. The highest BCUT2D eigenvalue weighted by Crippen LogP contribution is 2.31. The Morgan fingerprint density at radius 2 is 2.09 bits per heavy atom. The normalized spacial score (nSPS) is 10.7. The monoisotopic (exact) mass is 347 g/mol. The van der Waals surface area contributed by atoms with Crippen LogP contribution in [0.1, 0.15) is 12.5 Å². The van der Waals surface area contributed by atoms with Crippen LogP contribution in [0.3, 0.4) is 0 Å². The lowest BCUT2D eigenvalue weighted by atomic mass is 10.2. The number of hydrogen-bond donors (Lipinski definition) is 0. The van der Waals surface area contributed by atoms with Crippen LogP contribution in [0.15, 0.2) is 52.2 Å². The van der Waals surface area contributed by atoms with Crippen LogP contribution < -0.4 is 4.74 Å². The predicted molar refractivity (Wildman–Crippen MR) is 89.7 cm³/mol. The van der Waals surface area contributed by atoms with Crippen molar-refractivity contribution in [1.82, 2.24) is 15.2 Å². The second-order valence-corrected chi connectivity index (χ2v) is 5.89. The average molecular weight is 348 g/mol. The van der Waals surface area contributed by atoms with E-state index >= 15 is 0 Å². The van der Waals surface area contributed by atoms with Gasteiger partial charge in [0.2, 0.25) is 0 Å². The van der Waals surface area contributed by atoms with E-state index < -0.39 is 0 Å². The number of halogens is 1. The number of benzene rings is 1. The quantitative estimate of drug-likeness (QED) is 0.484. The first-order valence-electron chi connectivity index (χ1n) is 7.05. The first-order valence-corrected chi connectivity index (χ1v) is 8.41. The van der Waals surface area contributed by atoms with Gasteiger partial charge in [-0.3, -0.25) is 0 Å². The van der Waals surface area contributed by atoms with Gasteiger partial charge in [-0.25, -0.2) is 4.98 Å². The topological polar surface area (TPSA) is 61.0 Å². The van der Waals surface area contributed by atoms with Crippen LogP contribution in [0.4, 0.5) is 0 Å². The lowest BCUT2D eigenvalue weighted by Crippen LogP contribution is -1.93. The minimum Gasteiger partial charge on any atom is -0.493 e. The molecule has 2 aromatic heterocycles. The van der Waals surface area contributed by atoms with Crippen molar-refractivity contribution in [2.75, 3.05) is 6.61 Å².